The first-order valence-corrected chi connectivity index (χ1v) is 7.35. The van der Waals surface area contributed by atoms with Crippen LogP contribution < -0.4 is 0 Å². The fraction of sp³-hybridized carbons (Fsp3) is 0. The highest BCUT2D eigenvalue weighted by atomic mass is 127. The lowest BCUT2D eigenvalue weighted by Crippen LogP contribution is -2.00. The molecule has 6 heteroatoms. The molecule has 0 aromatic heterocycles. The minimum absolute atomic E-state index is 0.694. The van der Waals surface area contributed by atoms with E-state index in [1.807, 2.05) is 18.2 Å². The second kappa shape index (κ2) is 6.81. The van der Waals surface area contributed by atoms with Crippen molar-refractivity contribution in [2.75, 3.05) is 0 Å². The van der Waals surface area contributed by atoms with Crippen LogP contribution in [0.3, 0.4) is 0 Å². The molecule has 0 unspecified atom stereocenters. The molecule has 2 aromatic rings. The highest BCUT2D eigenvalue weighted by molar-refractivity contribution is 14.1. The van der Waals surface area contributed by atoms with Crippen LogP contribution in [0.5, 0.6) is 0 Å². The molecule has 1 N–H and O–H groups in total. The number of rotatable bonds is 1. The molecule has 0 fully saturated rings. The first-order valence-electron chi connectivity index (χ1n) is 4.84. The third kappa shape index (κ3) is 5.11. The van der Waals surface area contributed by atoms with Crippen LogP contribution in [0.15, 0.2) is 59.5 Å². The maximum Gasteiger partial charge on any atom is 0.297 e. The first kappa shape index (κ1) is 15.1. The van der Waals surface area contributed by atoms with Crippen LogP contribution in [-0.2, 0) is 10.1 Å². The van der Waals surface area contributed by atoms with Gasteiger partial charge in [0.1, 0.15) is 10.7 Å². The molecule has 0 aliphatic carbocycles. The fourth-order valence-corrected chi connectivity index (χ4v) is 2.05. The number of benzene rings is 2. The van der Waals surface area contributed by atoms with E-state index in [-0.39, 0.29) is 0 Å². The van der Waals surface area contributed by atoms with Gasteiger partial charge in [-0.2, -0.15) is 8.42 Å². The molecular weight excluding hydrogens is 370 g/mol. The van der Waals surface area contributed by atoms with Crippen molar-refractivity contribution in [3.63, 3.8) is 0 Å². The van der Waals surface area contributed by atoms with Crippen LogP contribution in [0, 0.1) is 9.39 Å². The zero-order valence-corrected chi connectivity index (χ0v) is 12.1. The summed E-state index contributed by atoms with van der Waals surface area (Å²) < 4.78 is 43.0. The van der Waals surface area contributed by atoms with Crippen LogP contribution in [0.25, 0.3) is 0 Å². The number of hydrogen-bond acceptors (Lipinski definition) is 2. The second-order valence-electron chi connectivity index (χ2n) is 3.20. The summed E-state index contributed by atoms with van der Waals surface area (Å²) in [6, 6.07) is 14.8. The largest absolute Gasteiger partial charge is 0.297 e. The van der Waals surface area contributed by atoms with Crippen molar-refractivity contribution in [2.24, 2.45) is 0 Å². The Labute approximate surface area is 119 Å². The predicted octanol–water partition coefficient (Wildman–Crippen LogP) is 3.36. The van der Waals surface area contributed by atoms with Crippen LogP contribution in [0.4, 0.5) is 4.39 Å². The SMILES string of the molecule is Ic1ccccc1.O=S(=O)(O)c1ccccc1F. The Bertz CT molecular complexity index is 600. The van der Waals surface area contributed by atoms with Gasteiger partial charge in [-0.1, -0.05) is 30.3 Å². The third-order valence-electron chi connectivity index (χ3n) is 1.85. The highest BCUT2D eigenvalue weighted by Crippen LogP contribution is 2.11. The molecule has 0 spiro atoms. The minimum atomic E-state index is -4.41. The van der Waals surface area contributed by atoms with Gasteiger partial charge in [0.15, 0.2) is 0 Å². The Morgan fingerprint density at radius 1 is 0.944 bits per heavy atom. The summed E-state index contributed by atoms with van der Waals surface area (Å²) in [5.41, 5.74) is 0. The van der Waals surface area contributed by atoms with Crippen molar-refractivity contribution >= 4 is 32.7 Å². The van der Waals surface area contributed by atoms with Crippen molar-refractivity contribution in [3.05, 3.63) is 64.0 Å². The van der Waals surface area contributed by atoms with Crippen LogP contribution in [-0.4, -0.2) is 13.0 Å². The van der Waals surface area contributed by atoms with E-state index in [0.717, 1.165) is 12.1 Å². The zero-order valence-electron chi connectivity index (χ0n) is 9.12. The van der Waals surface area contributed by atoms with Gasteiger partial charge in [0.05, 0.1) is 0 Å². The average molecular weight is 380 g/mol. The molecule has 0 saturated carbocycles. The van der Waals surface area contributed by atoms with Crippen molar-refractivity contribution in [1.29, 1.82) is 0 Å². The Balaban J connectivity index is 0.000000199. The molecule has 2 rings (SSSR count). The average Bonchev–Trinajstić information content (AvgIpc) is 2.30. The molecule has 2 aromatic carbocycles. The van der Waals surface area contributed by atoms with Crippen molar-refractivity contribution in [1.82, 2.24) is 0 Å². The van der Waals surface area contributed by atoms with Gasteiger partial charge in [-0.05, 0) is 46.9 Å². The van der Waals surface area contributed by atoms with Gasteiger partial charge in [0.25, 0.3) is 10.1 Å². The maximum atomic E-state index is 12.5. The van der Waals surface area contributed by atoms with E-state index in [9.17, 15) is 12.8 Å². The molecule has 0 atom stereocenters. The van der Waals surface area contributed by atoms with Crippen LogP contribution in [0.1, 0.15) is 0 Å². The van der Waals surface area contributed by atoms with E-state index in [1.54, 1.807) is 0 Å². The van der Waals surface area contributed by atoms with Gasteiger partial charge in [0.2, 0.25) is 0 Å². The van der Waals surface area contributed by atoms with Gasteiger partial charge < -0.3 is 0 Å². The lowest BCUT2D eigenvalue weighted by Gasteiger charge is -1.95. The molecule has 0 bridgehead atoms. The van der Waals surface area contributed by atoms with Crippen LogP contribution in [0.2, 0.25) is 0 Å². The quantitative estimate of drug-likeness (QED) is 0.610. The molecule has 0 saturated heterocycles. The standard InChI is InChI=1S/C6H5FO3S.C6H5I/c7-5-3-1-2-4-6(5)11(8,9)10;7-6-4-2-1-3-5-6/h1-4H,(H,8,9,10);1-5H. The Morgan fingerprint density at radius 2 is 1.44 bits per heavy atom. The van der Waals surface area contributed by atoms with Gasteiger partial charge in [-0.3, -0.25) is 4.55 Å². The predicted molar refractivity (Wildman–Crippen MR) is 75.4 cm³/mol. The monoisotopic (exact) mass is 380 g/mol. The van der Waals surface area contributed by atoms with Crippen LogP contribution >= 0.6 is 22.6 Å². The molecule has 0 radical (unpaired) electrons. The van der Waals surface area contributed by atoms with E-state index in [0.29, 0.717) is 0 Å². The summed E-state index contributed by atoms with van der Waals surface area (Å²) in [6.45, 7) is 0. The van der Waals surface area contributed by atoms with Crippen molar-refractivity contribution in [2.45, 2.75) is 4.90 Å². The molecule has 0 aliphatic heterocycles. The van der Waals surface area contributed by atoms with E-state index >= 15 is 0 Å². The Kier molecular flexibility index (Phi) is 5.70. The fourth-order valence-electron chi connectivity index (χ4n) is 1.07. The summed E-state index contributed by atoms with van der Waals surface area (Å²) in [6.07, 6.45) is 0. The lowest BCUT2D eigenvalue weighted by atomic mass is 10.4. The van der Waals surface area contributed by atoms with Gasteiger partial charge in [-0.15, -0.1) is 0 Å². The summed E-state index contributed by atoms with van der Waals surface area (Å²) in [4.78, 5) is -0.694. The lowest BCUT2D eigenvalue weighted by molar-refractivity contribution is 0.473. The van der Waals surface area contributed by atoms with E-state index in [4.69, 9.17) is 4.55 Å². The van der Waals surface area contributed by atoms with E-state index in [2.05, 4.69) is 34.7 Å². The number of hydrogen-bond donors (Lipinski definition) is 1. The van der Waals surface area contributed by atoms with E-state index < -0.39 is 20.8 Å². The second-order valence-corrected chi connectivity index (χ2v) is 5.84. The van der Waals surface area contributed by atoms with Gasteiger partial charge >= 0.3 is 0 Å². The maximum absolute atomic E-state index is 12.5. The van der Waals surface area contributed by atoms with Crippen molar-refractivity contribution < 1.29 is 17.4 Å². The topological polar surface area (TPSA) is 54.4 Å². The highest BCUT2D eigenvalue weighted by Gasteiger charge is 2.13. The third-order valence-corrected chi connectivity index (χ3v) is 3.45. The van der Waals surface area contributed by atoms with Gasteiger partial charge in [-0.25, -0.2) is 4.39 Å². The summed E-state index contributed by atoms with van der Waals surface area (Å²) in [5, 5.41) is 0. The number of halogens is 2. The molecule has 18 heavy (non-hydrogen) atoms. The molecule has 96 valence electrons. The first-order chi connectivity index (χ1) is 8.41. The summed E-state index contributed by atoms with van der Waals surface area (Å²) in [5.74, 6) is -0.949. The molecule has 0 heterocycles. The minimum Gasteiger partial charge on any atom is -0.282 e. The van der Waals surface area contributed by atoms with Crippen molar-refractivity contribution in [3.8, 4) is 0 Å². The Hall–Kier alpha value is -0.990. The summed E-state index contributed by atoms with van der Waals surface area (Å²) in [7, 11) is -4.41. The summed E-state index contributed by atoms with van der Waals surface area (Å²) >= 11 is 2.28. The molecular formula is C12H10FIO3S. The molecule has 3 nitrogen and oxygen atoms in total. The molecule has 0 aliphatic rings. The zero-order chi connectivity index (χ0) is 13.6. The smallest absolute Gasteiger partial charge is 0.282 e. The normalized spacial score (nSPS) is 10.4. The van der Waals surface area contributed by atoms with Gasteiger partial charge in [0, 0.05) is 3.57 Å². The Morgan fingerprint density at radius 3 is 1.78 bits per heavy atom. The molecule has 0 amide bonds. The van der Waals surface area contributed by atoms with E-state index in [1.165, 1.54) is 15.7 Å².